The number of carbonyl (C=O) groups excluding carboxylic acids is 1. The summed E-state index contributed by atoms with van der Waals surface area (Å²) in [6.45, 7) is 3.04. The molecule has 37 heavy (non-hydrogen) atoms. The minimum atomic E-state index is -0.315. The van der Waals surface area contributed by atoms with Crippen molar-refractivity contribution in [3.8, 4) is 0 Å². The number of aromatic nitrogens is 2. The van der Waals surface area contributed by atoms with Crippen LogP contribution in [-0.4, -0.2) is 49.2 Å². The van der Waals surface area contributed by atoms with Gasteiger partial charge in [0.1, 0.15) is 10.8 Å². The van der Waals surface area contributed by atoms with E-state index in [1.54, 1.807) is 11.3 Å². The number of esters is 1. The molecule has 1 saturated heterocycles. The van der Waals surface area contributed by atoms with Crippen LogP contribution in [0.15, 0.2) is 48.5 Å². The van der Waals surface area contributed by atoms with Gasteiger partial charge >= 0.3 is 5.97 Å². The third kappa shape index (κ3) is 4.59. The van der Waals surface area contributed by atoms with Crippen LogP contribution in [0.25, 0.3) is 11.0 Å². The number of hydrogen-bond donors (Lipinski definition) is 1. The highest BCUT2D eigenvalue weighted by molar-refractivity contribution is 7.16. The maximum atomic E-state index is 13.4. The van der Waals surface area contributed by atoms with Crippen LogP contribution >= 0.6 is 11.3 Å². The van der Waals surface area contributed by atoms with Crippen molar-refractivity contribution >= 4 is 50.7 Å². The molecule has 6 rings (SSSR count). The lowest BCUT2D eigenvalue weighted by molar-refractivity contribution is 0.0601. The Morgan fingerprint density at radius 3 is 2.35 bits per heavy atom. The predicted octanol–water partition coefficient (Wildman–Crippen LogP) is 5.57. The van der Waals surface area contributed by atoms with Gasteiger partial charge in [0, 0.05) is 36.7 Å². The number of methoxy groups -OCH3 is 1. The molecule has 0 radical (unpaired) electrons. The van der Waals surface area contributed by atoms with Crippen molar-refractivity contribution in [3.63, 3.8) is 0 Å². The minimum Gasteiger partial charge on any atom is -0.465 e. The summed E-state index contributed by atoms with van der Waals surface area (Å²) in [5.74, 6) is 0.855. The first-order valence-electron chi connectivity index (χ1n) is 12.6. The Kier molecular flexibility index (Phi) is 6.38. The number of carbonyl (C=O) groups is 1. The van der Waals surface area contributed by atoms with E-state index in [4.69, 9.17) is 14.7 Å². The van der Waals surface area contributed by atoms with Crippen molar-refractivity contribution in [1.29, 1.82) is 0 Å². The molecule has 3 heterocycles. The molecule has 0 amide bonds. The number of nitrogens with one attached hydrogen (secondary N) is 1. The average molecular weight is 518 g/mol. The van der Waals surface area contributed by atoms with Crippen molar-refractivity contribution in [3.05, 3.63) is 70.4 Å². The zero-order chi connectivity index (χ0) is 25.4. The van der Waals surface area contributed by atoms with E-state index in [0.29, 0.717) is 11.4 Å². The number of hydrogen-bond acceptors (Lipinski definition) is 8. The number of aryl methyl sites for hydroxylation is 1. The highest BCUT2D eigenvalue weighted by Gasteiger charge is 2.28. The Hall–Kier alpha value is -3.72. The van der Waals surface area contributed by atoms with Crippen molar-refractivity contribution < 1.29 is 13.9 Å². The van der Waals surface area contributed by atoms with Crippen LogP contribution < -0.4 is 15.1 Å². The fourth-order valence-electron chi connectivity index (χ4n) is 5.20. The predicted molar refractivity (Wildman–Crippen MR) is 146 cm³/mol. The van der Waals surface area contributed by atoms with Crippen LogP contribution in [0.3, 0.4) is 0 Å². The van der Waals surface area contributed by atoms with Crippen molar-refractivity contribution in [2.45, 2.75) is 25.7 Å². The van der Waals surface area contributed by atoms with E-state index in [1.807, 2.05) is 36.4 Å². The van der Waals surface area contributed by atoms with Crippen LogP contribution in [0.4, 0.5) is 26.7 Å². The molecular formula is C28H28FN5O2S. The number of benzene rings is 2. The number of piperazine rings is 1. The summed E-state index contributed by atoms with van der Waals surface area (Å²) >= 11 is 1.62. The van der Waals surface area contributed by atoms with Gasteiger partial charge in [-0.3, -0.25) is 0 Å². The van der Waals surface area contributed by atoms with Gasteiger partial charge in [-0.05, 0) is 67.6 Å². The lowest BCUT2D eigenvalue weighted by atomic mass is 9.95. The van der Waals surface area contributed by atoms with Crippen LogP contribution in [0.2, 0.25) is 0 Å². The Morgan fingerprint density at radius 2 is 1.62 bits per heavy atom. The number of fused-ring (bicyclic) bond motifs is 2. The van der Waals surface area contributed by atoms with E-state index in [1.165, 1.54) is 24.1 Å². The molecule has 9 heteroatoms. The van der Waals surface area contributed by atoms with E-state index in [9.17, 15) is 9.18 Å². The average Bonchev–Trinajstić information content (AvgIpc) is 3.30. The van der Waals surface area contributed by atoms with E-state index in [0.717, 1.165) is 85.0 Å². The summed E-state index contributed by atoms with van der Waals surface area (Å²) in [5, 5.41) is 4.27. The number of anilines is 4. The second kappa shape index (κ2) is 9.97. The lowest BCUT2D eigenvalue weighted by Gasteiger charge is -2.37. The van der Waals surface area contributed by atoms with Crippen LogP contribution in [-0.2, 0) is 17.6 Å². The van der Waals surface area contributed by atoms with Crippen molar-refractivity contribution in [1.82, 2.24) is 9.97 Å². The molecule has 0 unspecified atom stereocenters. The third-order valence-electron chi connectivity index (χ3n) is 7.12. The van der Waals surface area contributed by atoms with Gasteiger partial charge < -0.3 is 19.9 Å². The molecule has 2 aromatic carbocycles. The maximum absolute atomic E-state index is 13.4. The Balaban J connectivity index is 1.34. The molecule has 7 nitrogen and oxygen atoms in total. The van der Waals surface area contributed by atoms with Gasteiger partial charge in [-0.15, -0.1) is 11.3 Å². The number of rotatable bonds is 5. The molecule has 0 atom stereocenters. The third-order valence-corrected chi connectivity index (χ3v) is 8.32. The summed E-state index contributed by atoms with van der Waals surface area (Å²) in [6.07, 6.45) is 4.08. The molecule has 0 bridgehead atoms. The Morgan fingerprint density at radius 1 is 0.946 bits per heavy atom. The molecule has 1 N–H and O–H groups in total. The quantitative estimate of drug-likeness (QED) is 0.347. The van der Waals surface area contributed by atoms with Crippen molar-refractivity contribution in [2.75, 3.05) is 48.4 Å². The largest absolute Gasteiger partial charge is 0.465 e. The topological polar surface area (TPSA) is 70.6 Å². The minimum absolute atomic E-state index is 0.230. The second-order valence-corrected chi connectivity index (χ2v) is 10.5. The summed E-state index contributed by atoms with van der Waals surface area (Å²) in [7, 11) is 1.43. The SMILES string of the molecule is COC(=O)c1c(Nc2nc3ccccc3nc2N2CCN(c3ccc(F)cc3)CC2)sc2c1CCCC2. The number of nitrogens with zero attached hydrogens (tertiary/aromatic N) is 4. The number of ether oxygens (including phenoxy) is 1. The molecule has 4 aromatic rings. The first-order chi connectivity index (χ1) is 18.1. The van der Waals surface area contributed by atoms with Gasteiger partial charge in [0.2, 0.25) is 0 Å². The van der Waals surface area contributed by atoms with Gasteiger partial charge in [0.05, 0.1) is 23.7 Å². The summed E-state index contributed by atoms with van der Waals surface area (Å²) in [4.78, 5) is 28.5. The fraction of sp³-hybridized carbons (Fsp3) is 0.321. The van der Waals surface area contributed by atoms with E-state index in [-0.39, 0.29) is 11.8 Å². The highest BCUT2D eigenvalue weighted by Crippen LogP contribution is 2.41. The maximum Gasteiger partial charge on any atom is 0.341 e. The van der Waals surface area contributed by atoms with Crippen LogP contribution in [0, 0.1) is 5.82 Å². The van der Waals surface area contributed by atoms with Crippen LogP contribution in [0.5, 0.6) is 0 Å². The summed E-state index contributed by atoms with van der Waals surface area (Å²) in [5.41, 5.74) is 4.36. The lowest BCUT2D eigenvalue weighted by Crippen LogP contribution is -2.47. The van der Waals surface area contributed by atoms with E-state index >= 15 is 0 Å². The molecule has 2 aromatic heterocycles. The summed E-state index contributed by atoms with van der Waals surface area (Å²) < 4.78 is 18.6. The molecule has 1 aliphatic carbocycles. The first kappa shape index (κ1) is 23.7. The summed E-state index contributed by atoms with van der Waals surface area (Å²) in [6, 6.07) is 14.5. The smallest absolute Gasteiger partial charge is 0.341 e. The molecular weight excluding hydrogens is 489 g/mol. The Bertz CT molecular complexity index is 1450. The van der Waals surface area contributed by atoms with E-state index < -0.39 is 0 Å². The standard InChI is InChI=1S/C28H28FN5O2S/c1-36-28(35)24-20-6-2-5-9-23(20)37-27(24)32-25-26(31-22-8-4-3-7-21(22)30-25)34-16-14-33(15-17-34)19-12-10-18(29)11-13-19/h3-4,7-8,10-13H,2,5-6,9,14-17H2,1H3,(H,30,32). The number of para-hydroxylation sites is 2. The number of halogens is 1. The molecule has 0 saturated carbocycles. The molecule has 0 spiro atoms. The van der Waals surface area contributed by atoms with Gasteiger partial charge in [0.15, 0.2) is 11.6 Å². The van der Waals surface area contributed by atoms with Gasteiger partial charge in [-0.1, -0.05) is 12.1 Å². The zero-order valence-electron chi connectivity index (χ0n) is 20.7. The highest BCUT2D eigenvalue weighted by atomic mass is 32.1. The first-order valence-corrected chi connectivity index (χ1v) is 13.4. The zero-order valence-corrected chi connectivity index (χ0v) is 21.5. The Labute approximate surface area is 218 Å². The molecule has 1 aliphatic heterocycles. The normalized spacial score (nSPS) is 15.5. The molecule has 1 fully saturated rings. The van der Waals surface area contributed by atoms with E-state index in [2.05, 4.69) is 15.1 Å². The van der Waals surface area contributed by atoms with Crippen molar-refractivity contribution in [2.24, 2.45) is 0 Å². The number of thiophene rings is 1. The van der Waals surface area contributed by atoms with Gasteiger partial charge in [0.25, 0.3) is 0 Å². The molecule has 2 aliphatic rings. The van der Waals surface area contributed by atoms with Crippen LogP contribution in [0.1, 0.15) is 33.6 Å². The monoisotopic (exact) mass is 517 g/mol. The fourth-order valence-corrected chi connectivity index (χ4v) is 6.48. The molecule has 190 valence electrons. The van der Waals surface area contributed by atoms with Gasteiger partial charge in [-0.2, -0.15) is 0 Å². The second-order valence-electron chi connectivity index (χ2n) is 9.37. The van der Waals surface area contributed by atoms with Gasteiger partial charge in [-0.25, -0.2) is 19.2 Å².